The molecule has 1 aliphatic rings. The van der Waals surface area contributed by atoms with Crippen molar-refractivity contribution < 1.29 is 4.79 Å². The lowest BCUT2D eigenvalue weighted by molar-refractivity contribution is -0.135. The first kappa shape index (κ1) is 19.0. The van der Waals surface area contributed by atoms with Crippen LogP contribution < -0.4 is 5.32 Å². The zero-order chi connectivity index (χ0) is 15.5. The Morgan fingerprint density at radius 2 is 1.95 bits per heavy atom. The monoisotopic (exact) mass is 324 g/mol. The Hall–Kier alpha value is -1.06. The van der Waals surface area contributed by atoms with Crippen molar-refractivity contribution in [2.75, 3.05) is 26.7 Å². The lowest BCUT2D eigenvalue weighted by Gasteiger charge is -2.34. The number of likely N-dealkylation sites (N-methyl/N-ethyl adjacent to an activating group) is 1. The van der Waals surface area contributed by atoms with Gasteiger partial charge in [-0.15, -0.1) is 12.4 Å². The molecule has 1 N–H and O–H groups in total. The molecule has 0 aromatic heterocycles. The number of nitrogens with one attached hydrogen (secondary N) is 1. The van der Waals surface area contributed by atoms with E-state index in [1.54, 1.807) is 0 Å². The second kappa shape index (κ2) is 7.98. The van der Waals surface area contributed by atoms with E-state index < -0.39 is 0 Å². The minimum Gasteiger partial charge on any atom is -0.345 e. The molecule has 1 aromatic rings. The predicted molar refractivity (Wildman–Crippen MR) is 94.7 cm³/mol. The third kappa shape index (κ3) is 4.72. The zero-order valence-electron chi connectivity index (χ0n) is 14.2. The van der Waals surface area contributed by atoms with E-state index in [1.807, 2.05) is 11.9 Å². The molecule has 1 aromatic carbocycles. The SMILES string of the molecule is Cc1ccc(C(C)(C)CN(C)C(=O)C2CCCNC2)cc1.Cl. The summed E-state index contributed by atoms with van der Waals surface area (Å²) in [5.74, 6) is 0.431. The Labute approximate surface area is 140 Å². The molecule has 0 saturated carbocycles. The average molecular weight is 325 g/mol. The van der Waals surface area contributed by atoms with Crippen molar-refractivity contribution in [3.05, 3.63) is 35.4 Å². The molecule has 1 unspecified atom stereocenters. The molecular formula is C18H29ClN2O. The van der Waals surface area contributed by atoms with Crippen molar-refractivity contribution in [1.29, 1.82) is 0 Å². The molecule has 1 aliphatic heterocycles. The van der Waals surface area contributed by atoms with Crippen LogP contribution in [0.15, 0.2) is 24.3 Å². The van der Waals surface area contributed by atoms with Gasteiger partial charge in [0.2, 0.25) is 5.91 Å². The van der Waals surface area contributed by atoms with Gasteiger partial charge in [0.1, 0.15) is 0 Å². The number of carbonyl (C=O) groups is 1. The number of halogens is 1. The van der Waals surface area contributed by atoms with Crippen molar-refractivity contribution in [1.82, 2.24) is 10.2 Å². The number of hydrogen-bond donors (Lipinski definition) is 1. The number of amides is 1. The van der Waals surface area contributed by atoms with Gasteiger partial charge in [0.25, 0.3) is 0 Å². The first-order chi connectivity index (χ1) is 9.90. The van der Waals surface area contributed by atoms with E-state index in [1.165, 1.54) is 11.1 Å². The summed E-state index contributed by atoms with van der Waals surface area (Å²) in [6.45, 7) is 9.14. The van der Waals surface area contributed by atoms with Crippen LogP contribution in [0.3, 0.4) is 0 Å². The molecular weight excluding hydrogens is 296 g/mol. The van der Waals surface area contributed by atoms with Crippen molar-refractivity contribution >= 4 is 18.3 Å². The maximum atomic E-state index is 12.5. The molecule has 1 atom stereocenters. The number of benzene rings is 1. The number of hydrogen-bond acceptors (Lipinski definition) is 2. The summed E-state index contributed by atoms with van der Waals surface area (Å²) in [6.07, 6.45) is 2.12. The lowest BCUT2D eigenvalue weighted by atomic mass is 9.83. The molecule has 0 aliphatic carbocycles. The maximum absolute atomic E-state index is 12.5. The van der Waals surface area contributed by atoms with Gasteiger partial charge in [0, 0.05) is 25.6 Å². The molecule has 1 amide bonds. The van der Waals surface area contributed by atoms with Gasteiger partial charge in [-0.3, -0.25) is 4.79 Å². The number of piperidine rings is 1. The Kier molecular flexibility index (Phi) is 6.89. The average Bonchev–Trinajstić information content (AvgIpc) is 2.47. The number of nitrogens with zero attached hydrogens (tertiary/aromatic N) is 1. The highest BCUT2D eigenvalue weighted by Crippen LogP contribution is 2.25. The fourth-order valence-corrected chi connectivity index (χ4v) is 3.14. The fraction of sp³-hybridized carbons (Fsp3) is 0.611. The van der Waals surface area contributed by atoms with E-state index in [2.05, 4.69) is 50.4 Å². The van der Waals surface area contributed by atoms with Crippen LogP contribution >= 0.6 is 12.4 Å². The number of carbonyl (C=O) groups excluding carboxylic acids is 1. The molecule has 0 radical (unpaired) electrons. The molecule has 0 spiro atoms. The summed E-state index contributed by atoms with van der Waals surface area (Å²) >= 11 is 0. The summed E-state index contributed by atoms with van der Waals surface area (Å²) in [6, 6.07) is 8.64. The minimum atomic E-state index is -0.0276. The Bertz CT molecular complexity index is 478. The van der Waals surface area contributed by atoms with Gasteiger partial charge in [0.15, 0.2) is 0 Å². The highest BCUT2D eigenvalue weighted by atomic mass is 35.5. The molecule has 0 bridgehead atoms. The molecule has 124 valence electrons. The van der Waals surface area contributed by atoms with Gasteiger partial charge in [0.05, 0.1) is 5.92 Å². The van der Waals surface area contributed by atoms with E-state index in [9.17, 15) is 4.79 Å². The fourth-order valence-electron chi connectivity index (χ4n) is 3.14. The maximum Gasteiger partial charge on any atom is 0.226 e. The molecule has 1 fully saturated rings. The normalized spacial score (nSPS) is 18.5. The third-order valence-electron chi connectivity index (χ3n) is 4.49. The van der Waals surface area contributed by atoms with E-state index in [4.69, 9.17) is 0 Å². The lowest BCUT2D eigenvalue weighted by Crippen LogP contribution is -2.45. The summed E-state index contributed by atoms with van der Waals surface area (Å²) in [4.78, 5) is 14.5. The van der Waals surface area contributed by atoms with Crippen molar-refractivity contribution in [3.63, 3.8) is 0 Å². The number of rotatable bonds is 4. The molecule has 4 heteroatoms. The van der Waals surface area contributed by atoms with Gasteiger partial charge in [-0.05, 0) is 31.9 Å². The minimum absolute atomic E-state index is 0. The van der Waals surface area contributed by atoms with Crippen LogP contribution in [0.5, 0.6) is 0 Å². The Balaban J connectivity index is 0.00000242. The van der Waals surface area contributed by atoms with Crippen LogP contribution in [0.25, 0.3) is 0 Å². The topological polar surface area (TPSA) is 32.3 Å². The predicted octanol–water partition coefficient (Wildman–Crippen LogP) is 3.15. The van der Waals surface area contributed by atoms with Crippen LogP contribution in [-0.4, -0.2) is 37.5 Å². The quantitative estimate of drug-likeness (QED) is 0.922. The standard InChI is InChI=1S/C18H28N2O.ClH/c1-14-7-9-16(10-8-14)18(2,3)13-20(4)17(21)15-6-5-11-19-12-15;/h7-10,15,19H,5-6,11-13H2,1-4H3;1H. The smallest absolute Gasteiger partial charge is 0.226 e. The van der Waals surface area contributed by atoms with Crippen molar-refractivity contribution in [3.8, 4) is 0 Å². The molecule has 22 heavy (non-hydrogen) atoms. The Morgan fingerprint density at radius 3 is 2.50 bits per heavy atom. The summed E-state index contributed by atoms with van der Waals surface area (Å²) < 4.78 is 0. The first-order valence-electron chi connectivity index (χ1n) is 7.93. The molecule has 3 nitrogen and oxygen atoms in total. The van der Waals surface area contributed by atoms with E-state index in [-0.39, 0.29) is 29.6 Å². The summed E-state index contributed by atoms with van der Waals surface area (Å²) in [5.41, 5.74) is 2.53. The van der Waals surface area contributed by atoms with Crippen LogP contribution in [0.2, 0.25) is 0 Å². The third-order valence-corrected chi connectivity index (χ3v) is 4.49. The highest BCUT2D eigenvalue weighted by Gasteiger charge is 2.29. The van der Waals surface area contributed by atoms with E-state index >= 15 is 0 Å². The zero-order valence-corrected chi connectivity index (χ0v) is 15.0. The van der Waals surface area contributed by atoms with Crippen molar-refractivity contribution in [2.24, 2.45) is 5.92 Å². The van der Waals surface area contributed by atoms with Crippen molar-refractivity contribution in [2.45, 2.75) is 39.0 Å². The van der Waals surface area contributed by atoms with Gasteiger partial charge in [-0.25, -0.2) is 0 Å². The van der Waals surface area contributed by atoms with Gasteiger partial charge in [-0.1, -0.05) is 43.7 Å². The molecule has 1 heterocycles. The highest BCUT2D eigenvalue weighted by molar-refractivity contribution is 5.85. The summed E-state index contributed by atoms with van der Waals surface area (Å²) in [5, 5.41) is 3.32. The second-order valence-corrected chi connectivity index (χ2v) is 6.99. The van der Waals surface area contributed by atoms with Gasteiger partial charge in [-0.2, -0.15) is 0 Å². The van der Waals surface area contributed by atoms with Crippen LogP contribution in [0, 0.1) is 12.8 Å². The van der Waals surface area contributed by atoms with Crippen LogP contribution in [-0.2, 0) is 10.2 Å². The number of aryl methyl sites for hydroxylation is 1. The van der Waals surface area contributed by atoms with E-state index in [0.29, 0.717) is 0 Å². The Morgan fingerprint density at radius 1 is 1.32 bits per heavy atom. The second-order valence-electron chi connectivity index (χ2n) is 6.99. The van der Waals surface area contributed by atoms with Gasteiger partial charge < -0.3 is 10.2 Å². The largest absolute Gasteiger partial charge is 0.345 e. The van der Waals surface area contributed by atoms with E-state index in [0.717, 1.165) is 32.5 Å². The molecule has 1 saturated heterocycles. The molecule has 2 rings (SSSR count). The van der Waals surface area contributed by atoms with Crippen LogP contribution in [0.4, 0.5) is 0 Å². The van der Waals surface area contributed by atoms with Gasteiger partial charge >= 0.3 is 0 Å². The first-order valence-corrected chi connectivity index (χ1v) is 7.93. The summed E-state index contributed by atoms with van der Waals surface area (Å²) in [7, 11) is 1.94. The van der Waals surface area contributed by atoms with Crippen LogP contribution in [0.1, 0.15) is 37.8 Å².